The number of amides is 1. The van der Waals surface area contributed by atoms with Gasteiger partial charge in [0.05, 0.1) is 0 Å². The quantitative estimate of drug-likeness (QED) is 0.577. The molecule has 0 aromatic rings. The summed E-state index contributed by atoms with van der Waals surface area (Å²) >= 11 is 5.71. The average molecular weight is 248 g/mol. The summed E-state index contributed by atoms with van der Waals surface area (Å²) in [7, 11) is 0. The maximum absolute atomic E-state index is 11.7. The zero-order valence-corrected chi connectivity index (χ0v) is 10.8. The molecular weight excluding hydrogens is 226 g/mol. The predicted molar refractivity (Wildman–Crippen MR) is 65.7 cm³/mol. The molecule has 94 valence electrons. The lowest BCUT2D eigenvalue weighted by atomic mass is 9.99. The summed E-state index contributed by atoms with van der Waals surface area (Å²) in [6.07, 6.45) is 3.83. The maximum atomic E-state index is 11.7. The minimum atomic E-state index is 0.166. The summed E-state index contributed by atoms with van der Waals surface area (Å²) < 4.78 is 5.23. The van der Waals surface area contributed by atoms with E-state index >= 15 is 0 Å². The zero-order chi connectivity index (χ0) is 11.8. The summed E-state index contributed by atoms with van der Waals surface area (Å²) in [6, 6.07) is 0. The molecule has 0 aliphatic carbocycles. The van der Waals surface area contributed by atoms with Gasteiger partial charge >= 0.3 is 0 Å². The SMILES string of the molecule is CC(CCl)CCCNC(=O)C1CCOCC1. The minimum Gasteiger partial charge on any atom is -0.381 e. The fraction of sp³-hybridized carbons (Fsp3) is 0.917. The molecule has 1 aliphatic heterocycles. The van der Waals surface area contributed by atoms with Gasteiger partial charge < -0.3 is 10.1 Å². The van der Waals surface area contributed by atoms with Gasteiger partial charge in [-0.3, -0.25) is 4.79 Å². The van der Waals surface area contributed by atoms with Crippen LogP contribution in [-0.4, -0.2) is 31.5 Å². The van der Waals surface area contributed by atoms with Crippen LogP contribution in [0.5, 0.6) is 0 Å². The highest BCUT2D eigenvalue weighted by Crippen LogP contribution is 2.14. The summed E-state index contributed by atoms with van der Waals surface area (Å²) in [6.45, 7) is 4.35. The van der Waals surface area contributed by atoms with E-state index in [0.717, 1.165) is 45.4 Å². The number of alkyl halides is 1. The van der Waals surface area contributed by atoms with Crippen LogP contribution in [0.15, 0.2) is 0 Å². The van der Waals surface area contributed by atoms with Crippen LogP contribution < -0.4 is 5.32 Å². The van der Waals surface area contributed by atoms with Crippen LogP contribution in [0.25, 0.3) is 0 Å². The van der Waals surface area contributed by atoms with Crippen LogP contribution >= 0.6 is 11.6 Å². The van der Waals surface area contributed by atoms with Crippen molar-refractivity contribution in [3.63, 3.8) is 0 Å². The second-order valence-corrected chi connectivity index (χ2v) is 4.89. The lowest BCUT2D eigenvalue weighted by Gasteiger charge is -2.21. The molecule has 1 heterocycles. The molecule has 4 heteroatoms. The highest BCUT2D eigenvalue weighted by atomic mass is 35.5. The van der Waals surface area contributed by atoms with Gasteiger partial charge in [0, 0.05) is 31.6 Å². The molecule has 16 heavy (non-hydrogen) atoms. The molecule has 1 saturated heterocycles. The Hall–Kier alpha value is -0.280. The molecule has 3 nitrogen and oxygen atoms in total. The smallest absolute Gasteiger partial charge is 0.223 e. The third-order valence-corrected chi connectivity index (χ3v) is 3.56. The largest absolute Gasteiger partial charge is 0.381 e. The lowest BCUT2D eigenvalue weighted by molar-refractivity contribution is -0.127. The van der Waals surface area contributed by atoms with Crippen molar-refractivity contribution >= 4 is 17.5 Å². The normalized spacial score (nSPS) is 19.4. The van der Waals surface area contributed by atoms with Gasteiger partial charge in [0.1, 0.15) is 0 Å². The molecule has 0 aromatic carbocycles. The van der Waals surface area contributed by atoms with Gasteiger partial charge in [0.15, 0.2) is 0 Å². The van der Waals surface area contributed by atoms with E-state index in [2.05, 4.69) is 12.2 Å². The Morgan fingerprint density at radius 2 is 2.19 bits per heavy atom. The highest BCUT2D eigenvalue weighted by molar-refractivity contribution is 6.18. The molecule has 0 spiro atoms. The third kappa shape index (κ3) is 5.17. The van der Waals surface area contributed by atoms with E-state index in [1.807, 2.05) is 0 Å². The predicted octanol–water partition coefficient (Wildman–Crippen LogP) is 2.18. The summed E-state index contributed by atoms with van der Waals surface area (Å²) in [5.74, 6) is 1.61. The first kappa shape index (κ1) is 13.8. The lowest BCUT2D eigenvalue weighted by Crippen LogP contribution is -2.34. The Labute approximate surface area is 103 Å². The number of nitrogens with one attached hydrogen (secondary N) is 1. The van der Waals surface area contributed by atoms with E-state index in [9.17, 15) is 4.79 Å². The molecule has 1 amide bonds. The van der Waals surface area contributed by atoms with Crippen LogP contribution in [0.3, 0.4) is 0 Å². The van der Waals surface area contributed by atoms with Crippen LogP contribution in [0.1, 0.15) is 32.6 Å². The average Bonchev–Trinajstić information content (AvgIpc) is 2.35. The molecule has 1 rings (SSSR count). The van der Waals surface area contributed by atoms with Crippen LogP contribution in [-0.2, 0) is 9.53 Å². The molecule has 0 bridgehead atoms. The molecule has 0 saturated carbocycles. The second kappa shape index (κ2) is 7.91. The first-order valence-electron chi connectivity index (χ1n) is 6.15. The van der Waals surface area contributed by atoms with Crippen LogP contribution in [0.2, 0.25) is 0 Å². The number of hydrogen-bond acceptors (Lipinski definition) is 2. The Bertz CT molecular complexity index is 205. The van der Waals surface area contributed by atoms with Crippen molar-refractivity contribution in [2.75, 3.05) is 25.6 Å². The zero-order valence-electron chi connectivity index (χ0n) is 10.0. The maximum Gasteiger partial charge on any atom is 0.223 e. The summed E-state index contributed by atoms with van der Waals surface area (Å²) in [5.41, 5.74) is 0. The Kier molecular flexibility index (Phi) is 6.81. The van der Waals surface area contributed by atoms with Crippen molar-refractivity contribution in [1.29, 1.82) is 0 Å². The van der Waals surface area contributed by atoms with Gasteiger partial charge in [-0.05, 0) is 31.6 Å². The van der Waals surface area contributed by atoms with E-state index < -0.39 is 0 Å². The molecule has 1 aliphatic rings. The van der Waals surface area contributed by atoms with Gasteiger partial charge in [-0.25, -0.2) is 0 Å². The van der Waals surface area contributed by atoms with Gasteiger partial charge in [0.2, 0.25) is 5.91 Å². The highest BCUT2D eigenvalue weighted by Gasteiger charge is 2.20. The fourth-order valence-electron chi connectivity index (χ4n) is 1.84. The first-order chi connectivity index (χ1) is 7.74. The molecule has 1 unspecified atom stereocenters. The topological polar surface area (TPSA) is 38.3 Å². The van der Waals surface area contributed by atoms with E-state index in [0.29, 0.717) is 11.8 Å². The van der Waals surface area contributed by atoms with Crippen molar-refractivity contribution in [3.05, 3.63) is 0 Å². The summed E-state index contributed by atoms with van der Waals surface area (Å²) in [4.78, 5) is 11.7. The van der Waals surface area contributed by atoms with Crippen LogP contribution in [0, 0.1) is 11.8 Å². The fourth-order valence-corrected chi connectivity index (χ4v) is 2.00. The number of halogens is 1. The van der Waals surface area contributed by atoms with Crippen molar-refractivity contribution < 1.29 is 9.53 Å². The molecule has 0 radical (unpaired) electrons. The van der Waals surface area contributed by atoms with Gasteiger partial charge in [-0.15, -0.1) is 11.6 Å². The van der Waals surface area contributed by atoms with E-state index in [-0.39, 0.29) is 11.8 Å². The third-order valence-electron chi connectivity index (χ3n) is 3.03. The van der Waals surface area contributed by atoms with Crippen molar-refractivity contribution in [2.24, 2.45) is 11.8 Å². The number of rotatable bonds is 6. The number of ether oxygens (including phenoxy) is 1. The molecule has 1 N–H and O–H groups in total. The van der Waals surface area contributed by atoms with Crippen molar-refractivity contribution in [3.8, 4) is 0 Å². The molecule has 1 fully saturated rings. The minimum absolute atomic E-state index is 0.166. The van der Waals surface area contributed by atoms with Crippen LogP contribution in [0.4, 0.5) is 0 Å². The van der Waals surface area contributed by atoms with Gasteiger partial charge in [-0.1, -0.05) is 6.92 Å². The molecular formula is C12H22ClNO2. The number of hydrogen-bond donors (Lipinski definition) is 1. The monoisotopic (exact) mass is 247 g/mol. The first-order valence-corrected chi connectivity index (χ1v) is 6.69. The second-order valence-electron chi connectivity index (χ2n) is 4.58. The van der Waals surface area contributed by atoms with Gasteiger partial charge in [0.25, 0.3) is 0 Å². The Morgan fingerprint density at radius 3 is 2.81 bits per heavy atom. The Balaban J connectivity index is 2.05. The summed E-state index contributed by atoms with van der Waals surface area (Å²) in [5, 5.41) is 2.99. The standard InChI is InChI=1S/C12H22ClNO2/c1-10(9-13)3-2-6-14-12(15)11-4-7-16-8-5-11/h10-11H,2-9H2,1H3,(H,14,15). The van der Waals surface area contributed by atoms with Crippen molar-refractivity contribution in [1.82, 2.24) is 5.32 Å². The number of carbonyl (C=O) groups is 1. The van der Waals surface area contributed by atoms with Crippen molar-refractivity contribution in [2.45, 2.75) is 32.6 Å². The number of carbonyl (C=O) groups excluding carboxylic acids is 1. The molecule has 0 aromatic heterocycles. The van der Waals surface area contributed by atoms with E-state index in [4.69, 9.17) is 16.3 Å². The Morgan fingerprint density at radius 1 is 1.50 bits per heavy atom. The van der Waals surface area contributed by atoms with Gasteiger partial charge in [-0.2, -0.15) is 0 Å². The molecule has 1 atom stereocenters. The van der Waals surface area contributed by atoms with E-state index in [1.54, 1.807) is 0 Å². The van der Waals surface area contributed by atoms with E-state index in [1.165, 1.54) is 0 Å².